The highest BCUT2D eigenvalue weighted by Crippen LogP contribution is 2.31. The number of amides is 1. The molecule has 0 bridgehead atoms. The normalized spacial score (nSPS) is 10.2. The molecular formula is C12H14N4O4. The summed E-state index contributed by atoms with van der Waals surface area (Å²) in [5.41, 5.74) is 2.65. The fraction of sp³-hybridized carbons (Fsp3) is 0.250. The second-order valence-electron chi connectivity index (χ2n) is 3.82. The Hall–Kier alpha value is -2.61. The third-order valence-corrected chi connectivity index (χ3v) is 2.57. The number of rotatable bonds is 5. The lowest BCUT2D eigenvalue weighted by atomic mass is 10.2. The molecule has 0 saturated carbocycles. The number of ether oxygens (including phenoxy) is 2. The number of hydrazine groups is 1. The minimum atomic E-state index is -0.410. The first kappa shape index (κ1) is 13.8. The highest BCUT2D eigenvalue weighted by molar-refractivity contribution is 5.76. The van der Waals surface area contributed by atoms with Gasteiger partial charge in [0.1, 0.15) is 6.42 Å². The third kappa shape index (κ3) is 2.86. The summed E-state index contributed by atoms with van der Waals surface area (Å²) >= 11 is 0. The van der Waals surface area contributed by atoms with E-state index in [1.54, 1.807) is 25.3 Å². The van der Waals surface area contributed by atoms with Gasteiger partial charge in [-0.1, -0.05) is 0 Å². The van der Waals surface area contributed by atoms with Gasteiger partial charge in [-0.05, 0) is 18.2 Å². The number of aromatic nitrogens is 2. The Bertz CT molecular complexity index is 611. The standard InChI is InChI=1S/C12H14N4O4/c1-18-8-4-3-7(5-9(8)19-2)12-16-15-11(20-12)6-10(17)14-13/h3-5H,6,13H2,1-2H3,(H,14,17). The van der Waals surface area contributed by atoms with Crippen LogP contribution in [0.5, 0.6) is 11.5 Å². The number of nitrogens with two attached hydrogens (primary N) is 1. The van der Waals surface area contributed by atoms with Crippen molar-refractivity contribution in [2.75, 3.05) is 14.2 Å². The largest absolute Gasteiger partial charge is 0.493 e. The van der Waals surface area contributed by atoms with E-state index in [9.17, 15) is 4.79 Å². The van der Waals surface area contributed by atoms with E-state index in [-0.39, 0.29) is 18.2 Å². The number of carbonyl (C=O) groups excluding carboxylic acids is 1. The zero-order valence-electron chi connectivity index (χ0n) is 11.0. The van der Waals surface area contributed by atoms with E-state index in [4.69, 9.17) is 19.7 Å². The lowest BCUT2D eigenvalue weighted by Gasteiger charge is -2.07. The van der Waals surface area contributed by atoms with Gasteiger partial charge in [0, 0.05) is 5.56 Å². The number of hydrogen-bond donors (Lipinski definition) is 2. The molecule has 0 aliphatic heterocycles. The van der Waals surface area contributed by atoms with E-state index in [2.05, 4.69) is 10.2 Å². The molecule has 1 heterocycles. The minimum absolute atomic E-state index is 0.0726. The molecule has 1 aromatic carbocycles. The van der Waals surface area contributed by atoms with Crippen LogP contribution in [0.25, 0.3) is 11.5 Å². The summed E-state index contributed by atoms with van der Waals surface area (Å²) in [5, 5.41) is 7.64. The molecule has 2 aromatic rings. The maximum absolute atomic E-state index is 11.1. The van der Waals surface area contributed by atoms with Crippen molar-refractivity contribution < 1.29 is 18.7 Å². The Morgan fingerprint density at radius 3 is 2.70 bits per heavy atom. The van der Waals surface area contributed by atoms with Crippen molar-refractivity contribution >= 4 is 5.91 Å². The Morgan fingerprint density at radius 1 is 1.30 bits per heavy atom. The first-order valence-corrected chi connectivity index (χ1v) is 5.72. The smallest absolute Gasteiger partial charge is 0.247 e. The molecule has 106 valence electrons. The zero-order chi connectivity index (χ0) is 14.5. The summed E-state index contributed by atoms with van der Waals surface area (Å²) in [7, 11) is 3.08. The van der Waals surface area contributed by atoms with E-state index >= 15 is 0 Å². The van der Waals surface area contributed by atoms with Crippen molar-refractivity contribution in [3.63, 3.8) is 0 Å². The van der Waals surface area contributed by atoms with Gasteiger partial charge in [0.2, 0.25) is 17.7 Å². The highest BCUT2D eigenvalue weighted by Gasteiger charge is 2.13. The van der Waals surface area contributed by atoms with Gasteiger partial charge in [0.25, 0.3) is 0 Å². The van der Waals surface area contributed by atoms with Crippen molar-refractivity contribution in [1.82, 2.24) is 15.6 Å². The molecule has 0 fully saturated rings. The first-order chi connectivity index (χ1) is 9.67. The average molecular weight is 278 g/mol. The summed E-state index contributed by atoms with van der Waals surface area (Å²) in [4.78, 5) is 11.1. The topological polar surface area (TPSA) is 112 Å². The highest BCUT2D eigenvalue weighted by atomic mass is 16.5. The van der Waals surface area contributed by atoms with E-state index < -0.39 is 5.91 Å². The van der Waals surface area contributed by atoms with Gasteiger partial charge in [0.05, 0.1) is 14.2 Å². The van der Waals surface area contributed by atoms with Crippen LogP contribution in [0.4, 0.5) is 0 Å². The van der Waals surface area contributed by atoms with Crippen LogP contribution in [-0.4, -0.2) is 30.3 Å². The van der Waals surface area contributed by atoms with Crippen molar-refractivity contribution in [3.05, 3.63) is 24.1 Å². The zero-order valence-corrected chi connectivity index (χ0v) is 11.0. The van der Waals surface area contributed by atoms with Gasteiger partial charge in [-0.15, -0.1) is 10.2 Å². The van der Waals surface area contributed by atoms with Crippen molar-refractivity contribution in [2.24, 2.45) is 5.84 Å². The summed E-state index contributed by atoms with van der Waals surface area (Å²) in [6, 6.07) is 5.19. The Balaban J connectivity index is 2.25. The van der Waals surface area contributed by atoms with Crippen LogP contribution >= 0.6 is 0 Å². The molecule has 0 radical (unpaired) electrons. The molecule has 8 nitrogen and oxygen atoms in total. The Morgan fingerprint density at radius 2 is 2.05 bits per heavy atom. The average Bonchev–Trinajstić information content (AvgIpc) is 2.94. The van der Waals surface area contributed by atoms with Gasteiger partial charge in [-0.3, -0.25) is 10.2 Å². The van der Waals surface area contributed by atoms with E-state index in [0.717, 1.165) is 0 Å². The molecule has 0 unspecified atom stereocenters. The Labute approximate surface area is 114 Å². The van der Waals surface area contributed by atoms with E-state index in [1.807, 2.05) is 5.43 Å². The molecule has 2 rings (SSSR count). The van der Waals surface area contributed by atoms with Crippen LogP contribution in [0.1, 0.15) is 5.89 Å². The van der Waals surface area contributed by atoms with Gasteiger partial charge in [-0.25, -0.2) is 5.84 Å². The van der Waals surface area contributed by atoms with Crippen LogP contribution in [0.15, 0.2) is 22.6 Å². The third-order valence-electron chi connectivity index (χ3n) is 2.57. The second kappa shape index (κ2) is 6.02. The molecule has 8 heteroatoms. The lowest BCUT2D eigenvalue weighted by Crippen LogP contribution is -2.31. The van der Waals surface area contributed by atoms with Gasteiger partial charge in [-0.2, -0.15) is 0 Å². The molecule has 0 atom stereocenters. The van der Waals surface area contributed by atoms with Gasteiger partial charge in [0.15, 0.2) is 11.5 Å². The van der Waals surface area contributed by atoms with Crippen molar-refractivity contribution in [1.29, 1.82) is 0 Å². The molecule has 0 saturated heterocycles. The summed E-state index contributed by atoms with van der Waals surface area (Å²) in [6.45, 7) is 0. The fourth-order valence-corrected chi connectivity index (χ4v) is 1.60. The van der Waals surface area contributed by atoms with Crippen LogP contribution < -0.4 is 20.7 Å². The maximum atomic E-state index is 11.1. The predicted molar refractivity (Wildman–Crippen MR) is 68.9 cm³/mol. The van der Waals surface area contributed by atoms with Gasteiger partial charge >= 0.3 is 0 Å². The summed E-state index contributed by atoms with van der Waals surface area (Å²) in [6.07, 6.45) is -0.0726. The monoisotopic (exact) mass is 278 g/mol. The number of nitrogens with zero attached hydrogens (tertiary/aromatic N) is 2. The number of carbonyl (C=O) groups is 1. The maximum Gasteiger partial charge on any atom is 0.247 e. The van der Waals surface area contributed by atoms with Gasteiger partial charge < -0.3 is 13.9 Å². The summed E-state index contributed by atoms with van der Waals surface area (Å²) < 4.78 is 15.7. The molecule has 0 aliphatic rings. The lowest BCUT2D eigenvalue weighted by molar-refractivity contribution is -0.120. The molecule has 20 heavy (non-hydrogen) atoms. The van der Waals surface area contributed by atoms with Crippen molar-refractivity contribution in [3.8, 4) is 23.0 Å². The predicted octanol–water partition coefficient (Wildman–Crippen LogP) is 0.286. The van der Waals surface area contributed by atoms with Crippen LogP contribution in [-0.2, 0) is 11.2 Å². The van der Waals surface area contributed by atoms with Crippen LogP contribution in [0.3, 0.4) is 0 Å². The number of benzene rings is 1. The van der Waals surface area contributed by atoms with E-state index in [1.165, 1.54) is 7.11 Å². The molecular weight excluding hydrogens is 264 g/mol. The van der Waals surface area contributed by atoms with Crippen LogP contribution in [0.2, 0.25) is 0 Å². The number of hydrogen-bond acceptors (Lipinski definition) is 7. The first-order valence-electron chi connectivity index (χ1n) is 5.72. The molecule has 3 N–H and O–H groups in total. The minimum Gasteiger partial charge on any atom is -0.493 e. The van der Waals surface area contributed by atoms with Crippen LogP contribution in [0, 0.1) is 0 Å². The molecule has 0 aliphatic carbocycles. The van der Waals surface area contributed by atoms with E-state index in [0.29, 0.717) is 17.1 Å². The molecule has 0 spiro atoms. The molecule has 1 aromatic heterocycles. The molecule has 1 amide bonds. The quantitative estimate of drug-likeness (QED) is 0.459. The number of methoxy groups -OCH3 is 2. The SMILES string of the molecule is COc1ccc(-c2nnc(CC(=O)NN)o2)cc1OC. The second-order valence-corrected chi connectivity index (χ2v) is 3.82. The van der Waals surface area contributed by atoms with Crippen molar-refractivity contribution in [2.45, 2.75) is 6.42 Å². The fourth-order valence-electron chi connectivity index (χ4n) is 1.60. The summed E-state index contributed by atoms with van der Waals surface area (Å²) in [5.74, 6) is 6.18. The Kier molecular flexibility index (Phi) is 4.16. The number of nitrogens with one attached hydrogen (secondary N) is 1.